The average molecular weight is 285 g/mol. The highest BCUT2D eigenvalue weighted by Gasteiger charge is 2.46. The summed E-state index contributed by atoms with van der Waals surface area (Å²) >= 11 is 6.13. The van der Waals surface area contributed by atoms with Gasteiger partial charge in [-0.3, -0.25) is 4.79 Å². The number of hydrogen-bond donors (Lipinski definition) is 1. The molecule has 1 N–H and O–H groups in total. The molecular weight excluding hydrogens is 267 g/mol. The van der Waals surface area contributed by atoms with E-state index in [9.17, 15) is 14.3 Å². The molecular formula is C15H18ClFO2. The number of benzene rings is 1. The van der Waals surface area contributed by atoms with Crippen LogP contribution in [-0.2, 0) is 15.9 Å². The van der Waals surface area contributed by atoms with Crippen molar-refractivity contribution < 1.29 is 14.3 Å². The van der Waals surface area contributed by atoms with Gasteiger partial charge in [-0.25, -0.2) is 4.39 Å². The van der Waals surface area contributed by atoms with E-state index in [1.54, 1.807) is 18.2 Å². The molecule has 0 aliphatic heterocycles. The predicted octanol–water partition coefficient (Wildman–Crippen LogP) is 4.44. The maximum absolute atomic E-state index is 14.5. The summed E-state index contributed by atoms with van der Waals surface area (Å²) in [6.07, 6.45) is 2.80. The highest BCUT2D eigenvalue weighted by atomic mass is 35.5. The Morgan fingerprint density at radius 1 is 1.37 bits per heavy atom. The van der Waals surface area contributed by atoms with Crippen molar-refractivity contribution in [3.8, 4) is 0 Å². The monoisotopic (exact) mass is 284 g/mol. The van der Waals surface area contributed by atoms with Crippen molar-refractivity contribution in [1.29, 1.82) is 0 Å². The van der Waals surface area contributed by atoms with Crippen LogP contribution in [0.2, 0.25) is 5.02 Å². The number of carbonyl (C=O) groups is 1. The van der Waals surface area contributed by atoms with Crippen LogP contribution in [0.3, 0.4) is 0 Å². The van der Waals surface area contributed by atoms with Crippen LogP contribution in [0.4, 0.5) is 4.39 Å². The molecule has 2 nitrogen and oxygen atoms in total. The van der Waals surface area contributed by atoms with Gasteiger partial charge in [0.05, 0.1) is 5.41 Å². The molecule has 0 amide bonds. The Morgan fingerprint density at radius 3 is 2.42 bits per heavy atom. The number of halogens is 2. The van der Waals surface area contributed by atoms with Gasteiger partial charge in [0.1, 0.15) is 5.67 Å². The fraction of sp³-hybridized carbons (Fsp3) is 0.533. The van der Waals surface area contributed by atoms with Crippen molar-refractivity contribution in [3.63, 3.8) is 0 Å². The van der Waals surface area contributed by atoms with Crippen LogP contribution in [0.15, 0.2) is 18.2 Å². The fourth-order valence-corrected chi connectivity index (χ4v) is 3.50. The van der Waals surface area contributed by atoms with Crippen LogP contribution < -0.4 is 0 Å². The lowest BCUT2D eigenvalue weighted by Gasteiger charge is -2.31. The second-order valence-electron chi connectivity index (χ2n) is 5.73. The Hall–Kier alpha value is -1.09. The normalized spacial score (nSPS) is 18.5. The van der Waals surface area contributed by atoms with Gasteiger partial charge in [-0.05, 0) is 38.3 Å². The molecule has 19 heavy (non-hydrogen) atoms. The molecule has 1 saturated carbocycles. The summed E-state index contributed by atoms with van der Waals surface area (Å²) < 4.78 is 14.5. The van der Waals surface area contributed by atoms with Crippen LogP contribution in [-0.4, -0.2) is 11.1 Å². The van der Waals surface area contributed by atoms with E-state index in [0.29, 0.717) is 29.0 Å². The molecule has 1 fully saturated rings. The van der Waals surface area contributed by atoms with Crippen LogP contribution >= 0.6 is 11.6 Å². The molecule has 0 atom stereocenters. The molecule has 4 heteroatoms. The zero-order chi connectivity index (χ0) is 14.3. The Kier molecular flexibility index (Phi) is 3.61. The van der Waals surface area contributed by atoms with Gasteiger partial charge < -0.3 is 5.11 Å². The van der Waals surface area contributed by atoms with Crippen molar-refractivity contribution in [2.45, 2.75) is 50.6 Å². The standard InChI is InChI=1S/C15H18ClFO2/c1-14(2,17)12-10(6-5-7-11(12)16)15(13(18)19)8-3-4-9-15/h5-7H,3-4,8-9H2,1-2H3,(H,18,19). The van der Waals surface area contributed by atoms with E-state index in [0.717, 1.165) is 12.8 Å². The van der Waals surface area contributed by atoms with E-state index in [-0.39, 0.29) is 0 Å². The van der Waals surface area contributed by atoms with E-state index in [1.165, 1.54) is 13.8 Å². The van der Waals surface area contributed by atoms with Gasteiger partial charge in [-0.1, -0.05) is 36.6 Å². The van der Waals surface area contributed by atoms with E-state index >= 15 is 0 Å². The van der Waals surface area contributed by atoms with Crippen LogP contribution in [0.1, 0.15) is 50.7 Å². The Labute approximate surface area is 117 Å². The molecule has 1 aromatic rings. The molecule has 2 rings (SSSR count). The van der Waals surface area contributed by atoms with Crippen molar-refractivity contribution >= 4 is 17.6 Å². The number of carboxylic acid groups (broad SMARTS) is 1. The molecule has 0 radical (unpaired) electrons. The molecule has 0 bridgehead atoms. The molecule has 1 aliphatic carbocycles. The third kappa shape index (κ3) is 2.36. The second-order valence-corrected chi connectivity index (χ2v) is 6.14. The third-order valence-corrected chi connectivity index (χ3v) is 4.31. The molecule has 1 aliphatic rings. The molecule has 1 aromatic carbocycles. The van der Waals surface area contributed by atoms with Gasteiger partial charge in [0.2, 0.25) is 0 Å². The first-order valence-electron chi connectivity index (χ1n) is 6.51. The fourth-order valence-electron chi connectivity index (χ4n) is 3.10. The molecule has 0 saturated heterocycles. The first-order chi connectivity index (χ1) is 8.79. The number of aliphatic carboxylic acids is 1. The summed E-state index contributed by atoms with van der Waals surface area (Å²) in [6, 6.07) is 5.03. The average Bonchev–Trinajstić information content (AvgIpc) is 2.76. The molecule has 0 spiro atoms. The lowest BCUT2D eigenvalue weighted by Crippen LogP contribution is -2.35. The van der Waals surface area contributed by atoms with Gasteiger partial charge in [-0.15, -0.1) is 0 Å². The lowest BCUT2D eigenvalue weighted by atomic mass is 9.74. The topological polar surface area (TPSA) is 37.3 Å². The number of rotatable bonds is 3. The van der Waals surface area contributed by atoms with Crippen molar-refractivity contribution in [3.05, 3.63) is 34.3 Å². The van der Waals surface area contributed by atoms with Crippen LogP contribution in [0.25, 0.3) is 0 Å². The van der Waals surface area contributed by atoms with Crippen LogP contribution in [0, 0.1) is 0 Å². The highest BCUT2D eigenvalue weighted by Crippen LogP contribution is 2.47. The summed E-state index contributed by atoms with van der Waals surface area (Å²) in [5, 5.41) is 9.94. The van der Waals surface area contributed by atoms with Gasteiger partial charge in [-0.2, -0.15) is 0 Å². The Balaban J connectivity index is 2.68. The molecule has 0 heterocycles. The van der Waals surface area contributed by atoms with E-state index in [1.807, 2.05) is 0 Å². The first kappa shape index (κ1) is 14.3. The van der Waals surface area contributed by atoms with Crippen molar-refractivity contribution in [2.24, 2.45) is 0 Å². The molecule has 104 valence electrons. The summed E-state index contributed by atoms with van der Waals surface area (Å²) in [7, 11) is 0. The van der Waals surface area contributed by atoms with E-state index in [4.69, 9.17) is 11.6 Å². The summed E-state index contributed by atoms with van der Waals surface area (Å²) in [6.45, 7) is 2.84. The van der Waals surface area contributed by atoms with Crippen molar-refractivity contribution in [2.75, 3.05) is 0 Å². The quantitative estimate of drug-likeness (QED) is 0.891. The SMILES string of the molecule is CC(C)(F)c1c(Cl)cccc1C1(C(=O)O)CCCC1. The maximum Gasteiger partial charge on any atom is 0.314 e. The van der Waals surface area contributed by atoms with E-state index in [2.05, 4.69) is 0 Å². The number of alkyl halides is 1. The predicted molar refractivity (Wildman–Crippen MR) is 73.4 cm³/mol. The number of hydrogen-bond acceptors (Lipinski definition) is 1. The molecule has 0 aromatic heterocycles. The minimum Gasteiger partial charge on any atom is -0.481 e. The zero-order valence-corrected chi connectivity index (χ0v) is 11.9. The Bertz CT molecular complexity index is 499. The lowest BCUT2D eigenvalue weighted by molar-refractivity contribution is -0.143. The first-order valence-corrected chi connectivity index (χ1v) is 6.88. The molecule has 0 unspecified atom stereocenters. The van der Waals surface area contributed by atoms with Crippen LogP contribution in [0.5, 0.6) is 0 Å². The zero-order valence-electron chi connectivity index (χ0n) is 11.2. The van der Waals surface area contributed by atoms with Gasteiger partial charge in [0.25, 0.3) is 0 Å². The van der Waals surface area contributed by atoms with Gasteiger partial charge in [0, 0.05) is 10.6 Å². The summed E-state index contributed by atoms with van der Waals surface area (Å²) in [5.74, 6) is -0.877. The Morgan fingerprint density at radius 2 is 1.95 bits per heavy atom. The van der Waals surface area contributed by atoms with Gasteiger partial charge >= 0.3 is 5.97 Å². The minimum absolute atomic E-state index is 0.303. The highest BCUT2D eigenvalue weighted by molar-refractivity contribution is 6.31. The third-order valence-electron chi connectivity index (χ3n) is 3.99. The van der Waals surface area contributed by atoms with Gasteiger partial charge in [0.15, 0.2) is 0 Å². The van der Waals surface area contributed by atoms with E-state index < -0.39 is 17.1 Å². The number of carboxylic acids is 1. The summed E-state index contributed by atoms with van der Waals surface area (Å²) in [4.78, 5) is 11.7. The smallest absolute Gasteiger partial charge is 0.314 e. The minimum atomic E-state index is -1.65. The second kappa shape index (κ2) is 4.78. The van der Waals surface area contributed by atoms with Crippen molar-refractivity contribution in [1.82, 2.24) is 0 Å². The largest absolute Gasteiger partial charge is 0.481 e. The summed E-state index contributed by atoms with van der Waals surface area (Å²) in [5.41, 5.74) is -1.78. The maximum atomic E-state index is 14.5.